The van der Waals surface area contributed by atoms with Crippen LogP contribution in [0.3, 0.4) is 0 Å². The predicted molar refractivity (Wildman–Crippen MR) is 99.0 cm³/mol. The van der Waals surface area contributed by atoms with Crippen molar-refractivity contribution in [1.29, 1.82) is 0 Å². The topological polar surface area (TPSA) is 98.1 Å². The Balaban J connectivity index is 0.00000240. The van der Waals surface area contributed by atoms with Crippen LogP contribution in [0, 0.1) is 5.41 Å². The number of carbonyl (C=O) groups excluding carboxylic acids is 1. The average molecular weight is 432 g/mol. The number of nitrogens with two attached hydrogens (primary N) is 1. The Morgan fingerprint density at radius 3 is 2.66 bits per heavy atom. The Kier molecular flexibility index (Phi) is 5.61. The van der Waals surface area contributed by atoms with Crippen molar-refractivity contribution in [3.8, 4) is 11.4 Å². The fraction of sp³-hybridized carbons (Fsp3) is 0.556. The molecule has 3 heterocycles. The lowest BCUT2D eigenvalue weighted by molar-refractivity contribution is -0.193. The Bertz CT molecular complexity index is 872. The number of amides is 1. The van der Waals surface area contributed by atoms with Crippen LogP contribution in [0.25, 0.3) is 11.4 Å². The number of nitrogens with zero attached hydrogens (tertiary/aromatic N) is 4. The van der Waals surface area contributed by atoms with Crippen LogP contribution in [-0.4, -0.2) is 51.7 Å². The maximum Gasteiger partial charge on any atom is 0.405 e. The van der Waals surface area contributed by atoms with E-state index in [2.05, 4.69) is 15.1 Å². The highest BCUT2D eigenvalue weighted by molar-refractivity contribution is 5.85. The van der Waals surface area contributed by atoms with Gasteiger partial charge in [-0.15, -0.1) is 12.4 Å². The molecule has 2 N–H and O–H groups in total. The molecule has 2 aromatic rings. The van der Waals surface area contributed by atoms with Crippen LogP contribution in [0.15, 0.2) is 29.0 Å². The smallest absolute Gasteiger partial charge is 0.341 e. The molecule has 0 radical (unpaired) electrons. The zero-order valence-electron chi connectivity index (χ0n) is 15.5. The molecule has 2 aliphatic rings. The molecule has 1 aliphatic heterocycles. The fourth-order valence-corrected chi connectivity index (χ4v) is 3.64. The molecule has 0 bridgehead atoms. The summed E-state index contributed by atoms with van der Waals surface area (Å²) in [6.45, 7) is -0.163. The van der Waals surface area contributed by atoms with E-state index in [1.165, 1.54) is 17.3 Å². The van der Waals surface area contributed by atoms with E-state index in [-0.39, 0.29) is 48.9 Å². The Morgan fingerprint density at radius 1 is 1.31 bits per heavy atom. The predicted octanol–water partition coefficient (Wildman–Crippen LogP) is 2.71. The summed E-state index contributed by atoms with van der Waals surface area (Å²) in [4.78, 5) is 21.7. The minimum Gasteiger partial charge on any atom is -0.341 e. The van der Waals surface area contributed by atoms with E-state index in [0.29, 0.717) is 12.1 Å². The van der Waals surface area contributed by atoms with Crippen molar-refractivity contribution in [2.45, 2.75) is 37.3 Å². The number of halogens is 4. The molecule has 1 unspecified atom stereocenters. The monoisotopic (exact) mass is 431 g/mol. The molecule has 11 heteroatoms. The molecule has 4 rings (SSSR count). The summed E-state index contributed by atoms with van der Waals surface area (Å²) < 4.78 is 47.2. The molecule has 29 heavy (non-hydrogen) atoms. The van der Waals surface area contributed by atoms with Gasteiger partial charge in [0.2, 0.25) is 17.6 Å². The normalized spacial score (nSPS) is 23.0. The van der Waals surface area contributed by atoms with E-state index in [9.17, 15) is 18.0 Å². The minimum atomic E-state index is -4.63. The van der Waals surface area contributed by atoms with Crippen LogP contribution < -0.4 is 5.73 Å². The van der Waals surface area contributed by atoms with Crippen molar-refractivity contribution >= 4 is 18.3 Å². The number of pyridine rings is 1. The first-order valence-corrected chi connectivity index (χ1v) is 9.08. The van der Waals surface area contributed by atoms with Crippen LogP contribution in [0.4, 0.5) is 13.2 Å². The first kappa shape index (κ1) is 21.5. The molecule has 1 amide bonds. The van der Waals surface area contributed by atoms with Gasteiger partial charge in [-0.05, 0) is 43.4 Å². The summed E-state index contributed by atoms with van der Waals surface area (Å²) >= 11 is 0. The van der Waals surface area contributed by atoms with Gasteiger partial charge in [0.1, 0.15) is 0 Å². The number of hydrogen-bond acceptors (Lipinski definition) is 6. The van der Waals surface area contributed by atoms with Crippen molar-refractivity contribution in [2.24, 2.45) is 11.1 Å². The van der Waals surface area contributed by atoms with Gasteiger partial charge in [0.05, 0.1) is 0 Å². The number of hydrogen-bond donors (Lipinski definition) is 1. The molecular weight excluding hydrogens is 411 g/mol. The van der Waals surface area contributed by atoms with E-state index in [1.807, 2.05) is 0 Å². The third kappa shape index (κ3) is 3.83. The van der Waals surface area contributed by atoms with Gasteiger partial charge >= 0.3 is 6.18 Å². The van der Waals surface area contributed by atoms with Gasteiger partial charge in [-0.3, -0.25) is 9.78 Å². The Labute approximate surface area is 171 Å². The molecule has 1 saturated heterocycles. The number of aromatic nitrogens is 3. The maximum atomic E-state index is 14.1. The molecule has 1 aliphatic carbocycles. The Morgan fingerprint density at radius 2 is 2.07 bits per heavy atom. The highest BCUT2D eigenvalue weighted by Gasteiger charge is 2.63. The first-order chi connectivity index (χ1) is 13.3. The van der Waals surface area contributed by atoms with Crippen LogP contribution in [0.1, 0.15) is 31.6 Å². The largest absolute Gasteiger partial charge is 0.405 e. The van der Waals surface area contributed by atoms with Crippen molar-refractivity contribution < 1.29 is 22.5 Å². The van der Waals surface area contributed by atoms with Crippen molar-refractivity contribution in [2.75, 3.05) is 19.6 Å². The van der Waals surface area contributed by atoms with Gasteiger partial charge in [0.25, 0.3) is 0 Å². The summed E-state index contributed by atoms with van der Waals surface area (Å²) in [5, 5.41) is 3.70. The number of carbonyl (C=O) groups is 1. The average Bonchev–Trinajstić information content (AvgIpc) is 3.10. The lowest BCUT2D eigenvalue weighted by atomic mass is 9.86. The minimum absolute atomic E-state index is 0. The maximum absolute atomic E-state index is 14.1. The standard InChI is InChI=1S/C18H20F3N5O2.ClH/c19-18(20,21)17(15-24-14(25-28-15)12-2-1-6-23-9-12)5-7-26(11-17)13(27)8-16(10-22)3-4-16;/h1-2,6,9H,3-5,7-8,10-11,22H2;1H. The zero-order chi connectivity index (χ0) is 20.0. The summed E-state index contributed by atoms with van der Waals surface area (Å²) in [5.41, 5.74) is 3.55. The highest BCUT2D eigenvalue weighted by atomic mass is 35.5. The SMILES string of the molecule is Cl.NCC1(CC(=O)N2CCC(c3nc(-c4cccnc4)no3)(C(F)(F)F)C2)CC1. The van der Waals surface area contributed by atoms with Crippen molar-refractivity contribution in [3.63, 3.8) is 0 Å². The molecule has 0 spiro atoms. The number of likely N-dealkylation sites (tertiary alicyclic amines) is 1. The summed E-state index contributed by atoms with van der Waals surface area (Å²) in [6, 6.07) is 3.26. The van der Waals surface area contributed by atoms with Gasteiger partial charge in [-0.1, -0.05) is 5.16 Å². The third-order valence-electron chi connectivity index (χ3n) is 5.84. The lowest BCUT2D eigenvalue weighted by Crippen LogP contribution is -2.46. The van der Waals surface area contributed by atoms with Crippen LogP contribution in [0.5, 0.6) is 0 Å². The Hall–Kier alpha value is -2.20. The molecule has 1 atom stereocenters. The van der Waals surface area contributed by atoms with E-state index < -0.39 is 24.0 Å². The van der Waals surface area contributed by atoms with Crippen molar-refractivity contribution in [3.05, 3.63) is 30.4 Å². The second-order valence-corrected chi connectivity index (χ2v) is 7.69. The summed E-state index contributed by atoms with van der Waals surface area (Å²) in [6.07, 6.45) is -0.102. The summed E-state index contributed by atoms with van der Waals surface area (Å²) in [7, 11) is 0. The van der Waals surface area contributed by atoms with Gasteiger partial charge in [-0.25, -0.2) is 0 Å². The second kappa shape index (κ2) is 7.56. The van der Waals surface area contributed by atoms with Crippen LogP contribution in [0.2, 0.25) is 0 Å². The van der Waals surface area contributed by atoms with E-state index >= 15 is 0 Å². The van der Waals surface area contributed by atoms with Gasteiger partial charge in [0.15, 0.2) is 5.41 Å². The van der Waals surface area contributed by atoms with E-state index in [0.717, 1.165) is 12.8 Å². The number of rotatable bonds is 5. The molecule has 158 valence electrons. The third-order valence-corrected chi connectivity index (χ3v) is 5.84. The molecule has 7 nitrogen and oxygen atoms in total. The molecule has 0 aromatic carbocycles. The fourth-order valence-electron chi connectivity index (χ4n) is 3.64. The lowest BCUT2D eigenvalue weighted by Gasteiger charge is -2.28. The number of alkyl halides is 3. The zero-order valence-corrected chi connectivity index (χ0v) is 16.3. The molecule has 2 aromatic heterocycles. The van der Waals surface area contributed by atoms with Crippen LogP contribution >= 0.6 is 12.4 Å². The first-order valence-electron chi connectivity index (χ1n) is 9.08. The second-order valence-electron chi connectivity index (χ2n) is 7.69. The van der Waals surface area contributed by atoms with Crippen LogP contribution in [-0.2, 0) is 10.2 Å². The van der Waals surface area contributed by atoms with E-state index in [4.69, 9.17) is 10.3 Å². The summed E-state index contributed by atoms with van der Waals surface area (Å²) in [5.74, 6) is -0.785. The molecule has 2 fully saturated rings. The highest BCUT2D eigenvalue weighted by Crippen LogP contribution is 2.50. The van der Waals surface area contributed by atoms with Gasteiger partial charge in [0, 0.05) is 37.5 Å². The van der Waals surface area contributed by atoms with Gasteiger partial charge in [-0.2, -0.15) is 18.2 Å². The van der Waals surface area contributed by atoms with Gasteiger partial charge < -0.3 is 15.2 Å². The molecule has 1 saturated carbocycles. The van der Waals surface area contributed by atoms with Crippen molar-refractivity contribution in [1.82, 2.24) is 20.0 Å². The quantitative estimate of drug-likeness (QED) is 0.781. The van der Waals surface area contributed by atoms with E-state index in [1.54, 1.807) is 12.1 Å². The molecular formula is C18H21ClF3N5O2.